The Balaban J connectivity index is 1.95. The van der Waals surface area contributed by atoms with E-state index in [9.17, 15) is 14.9 Å². The second-order valence-corrected chi connectivity index (χ2v) is 5.47. The van der Waals surface area contributed by atoms with Gasteiger partial charge in [0.1, 0.15) is 11.1 Å². The van der Waals surface area contributed by atoms with Crippen LogP contribution in [0.2, 0.25) is 0 Å². The summed E-state index contributed by atoms with van der Waals surface area (Å²) < 4.78 is 5.31. The van der Waals surface area contributed by atoms with Gasteiger partial charge in [-0.3, -0.25) is 20.3 Å². The Kier molecular flexibility index (Phi) is 4.30. The first kappa shape index (κ1) is 16.4. The van der Waals surface area contributed by atoms with Gasteiger partial charge in [-0.1, -0.05) is 19.1 Å². The molecule has 0 unspecified atom stereocenters. The van der Waals surface area contributed by atoms with Crippen LogP contribution in [0.1, 0.15) is 22.8 Å². The molecule has 25 heavy (non-hydrogen) atoms. The van der Waals surface area contributed by atoms with Crippen LogP contribution in [0.3, 0.4) is 0 Å². The van der Waals surface area contributed by atoms with Crippen molar-refractivity contribution in [2.24, 2.45) is 0 Å². The van der Waals surface area contributed by atoms with Crippen LogP contribution in [0, 0.1) is 15.5 Å². The van der Waals surface area contributed by atoms with E-state index in [1.165, 1.54) is 24.3 Å². The minimum Gasteiger partial charge on any atom is -0.438 e. The second kappa shape index (κ2) is 6.56. The van der Waals surface area contributed by atoms with Crippen LogP contribution in [0.25, 0.3) is 11.0 Å². The standard InChI is InChI=1S/C18H15N3O4/c1-2-11-3-5-13(6-4-11)20-18(22)15-10-12-9-14(21(23)24)7-8-16(12)25-17(15)19/h3-10,19H,2H2,1H3,(H,20,22). The van der Waals surface area contributed by atoms with Gasteiger partial charge in [-0.2, -0.15) is 0 Å². The SMILES string of the molecule is CCc1ccc(NC(=O)c2cc3cc([N+](=O)[O-])ccc3oc2=N)cc1. The molecule has 7 heteroatoms. The quantitative estimate of drug-likeness (QED) is 0.559. The monoisotopic (exact) mass is 337 g/mol. The van der Waals surface area contributed by atoms with Gasteiger partial charge in [0.25, 0.3) is 11.6 Å². The molecule has 3 rings (SSSR count). The normalized spacial score (nSPS) is 10.6. The number of nitrogens with one attached hydrogen (secondary N) is 2. The second-order valence-electron chi connectivity index (χ2n) is 5.47. The number of non-ortho nitro benzene ring substituents is 1. The molecular weight excluding hydrogens is 322 g/mol. The maximum Gasteiger partial charge on any atom is 0.270 e. The Morgan fingerprint density at radius 3 is 2.56 bits per heavy atom. The smallest absolute Gasteiger partial charge is 0.270 e. The van der Waals surface area contributed by atoms with Crippen molar-refractivity contribution in [1.29, 1.82) is 5.41 Å². The topological polar surface area (TPSA) is 109 Å². The summed E-state index contributed by atoms with van der Waals surface area (Å²) in [6, 6.07) is 12.8. The van der Waals surface area contributed by atoms with Crippen molar-refractivity contribution < 1.29 is 14.1 Å². The number of amides is 1. The molecule has 0 saturated carbocycles. The van der Waals surface area contributed by atoms with Crippen LogP contribution in [-0.2, 0) is 6.42 Å². The van der Waals surface area contributed by atoms with Crippen LogP contribution in [0.5, 0.6) is 0 Å². The molecule has 0 atom stereocenters. The zero-order chi connectivity index (χ0) is 18.0. The fraction of sp³-hybridized carbons (Fsp3) is 0.111. The third kappa shape index (κ3) is 3.40. The predicted molar refractivity (Wildman–Crippen MR) is 92.5 cm³/mol. The molecule has 0 radical (unpaired) electrons. The number of hydrogen-bond acceptors (Lipinski definition) is 5. The lowest BCUT2D eigenvalue weighted by Gasteiger charge is -2.07. The fourth-order valence-electron chi connectivity index (χ4n) is 2.43. The van der Waals surface area contributed by atoms with Gasteiger partial charge < -0.3 is 9.73 Å². The number of rotatable bonds is 4. The summed E-state index contributed by atoms with van der Waals surface area (Å²) >= 11 is 0. The molecule has 0 bridgehead atoms. The van der Waals surface area contributed by atoms with Crippen molar-refractivity contribution in [2.45, 2.75) is 13.3 Å². The van der Waals surface area contributed by atoms with Crippen LogP contribution in [-0.4, -0.2) is 10.8 Å². The highest BCUT2D eigenvalue weighted by molar-refractivity contribution is 6.05. The molecule has 3 aromatic rings. The van der Waals surface area contributed by atoms with Crippen molar-refractivity contribution in [3.8, 4) is 0 Å². The van der Waals surface area contributed by atoms with Crippen LogP contribution < -0.4 is 10.9 Å². The van der Waals surface area contributed by atoms with E-state index >= 15 is 0 Å². The summed E-state index contributed by atoms with van der Waals surface area (Å²) in [4.78, 5) is 22.8. The number of carbonyl (C=O) groups excluding carboxylic acids is 1. The first-order valence-corrected chi connectivity index (χ1v) is 7.65. The van der Waals surface area contributed by atoms with E-state index in [4.69, 9.17) is 9.83 Å². The molecule has 0 saturated heterocycles. The van der Waals surface area contributed by atoms with E-state index in [2.05, 4.69) is 5.32 Å². The van der Waals surface area contributed by atoms with Gasteiger partial charge in [0.15, 0.2) is 0 Å². The third-order valence-corrected chi connectivity index (χ3v) is 3.83. The highest BCUT2D eigenvalue weighted by atomic mass is 16.6. The Labute approximate surface area is 142 Å². The van der Waals surface area contributed by atoms with E-state index in [-0.39, 0.29) is 16.8 Å². The third-order valence-electron chi connectivity index (χ3n) is 3.83. The number of nitro benzene ring substituents is 1. The minimum atomic E-state index is -0.525. The van der Waals surface area contributed by atoms with Gasteiger partial charge in [0, 0.05) is 23.2 Å². The predicted octanol–water partition coefficient (Wildman–Crippen LogP) is 3.64. The van der Waals surface area contributed by atoms with Crippen LogP contribution >= 0.6 is 0 Å². The number of hydrogen-bond donors (Lipinski definition) is 2. The van der Waals surface area contributed by atoms with E-state index in [0.29, 0.717) is 16.7 Å². The fourth-order valence-corrected chi connectivity index (χ4v) is 2.43. The average Bonchev–Trinajstić information content (AvgIpc) is 2.61. The van der Waals surface area contributed by atoms with Gasteiger partial charge in [-0.15, -0.1) is 0 Å². The molecule has 1 heterocycles. The summed E-state index contributed by atoms with van der Waals surface area (Å²) in [5, 5.41) is 21.9. The Morgan fingerprint density at radius 1 is 1.20 bits per heavy atom. The number of anilines is 1. The molecule has 0 aliphatic heterocycles. The lowest BCUT2D eigenvalue weighted by Crippen LogP contribution is -2.20. The molecule has 7 nitrogen and oxygen atoms in total. The number of aryl methyl sites for hydroxylation is 1. The van der Waals surface area contributed by atoms with E-state index in [1.807, 2.05) is 19.1 Å². The first-order valence-electron chi connectivity index (χ1n) is 7.65. The first-order chi connectivity index (χ1) is 12.0. The molecular formula is C18H15N3O4. The van der Waals surface area contributed by atoms with E-state index in [1.54, 1.807) is 12.1 Å². The van der Waals surface area contributed by atoms with Crippen LogP contribution in [0.15, 0.2) is 52.9 Å². The van der Waals surface area contributed by atoms with Gasteiger partial charge in [0.2, 0.25) is 5.55 Å². The summed E-state index contributed by atoms with van der Waals surface area (Å²) in [5.74, 6) is -0.508. The van der Waals surface area contributed by atoms with Gasteiger partial charge >= 0.3 is 0 Å². The highest BCUT2D eigenvalue weighted by Crippen LogP contribution is 2.21. The van der Waals surface area contributed by atoms with Crippen molar-refractivity contribution in [2.75, 3.05) is 5.32 Å². The maximum absolute atomic E-state index is 12.4. The molecule has 0 fully saturated rings. The van der Waals surface area contributed by atoms with E-state index in [0.717, 1.165) is 12.0 Å². The number of nitro groups is 1. The zero-order valence-corrected chi connectivity index (χ0v) is 13.4. The van der Waals surface area contributed by atoms with Crippen molar-refractivity contribution in [1.82, 2.24) is 0 Å². The Morgan fingerprint density at radius 2 is 1.92 bits per heavy atom. The van der Waals surface area contributed by atoms with Gasteiger partial charge in [-0.05, 0) is 36.2 Å². The summed E-state index contributed by atoms with van der Waals surface area (Å²) in [5.41, 5.74) is 1.64. The average molecular weight is 337 g/mol. The highest BCUT2D eigenvalue weighted by Gasteiger charge is 2.14. The lowest BCUT2D eigenvalue weighted by molar-refractivity contribution is -0.384. The molecule has 1 amide bonds. The van der Waals surface area contributed by atoms with Crippen molar-refractivity contribution in [3.05, 3.63) is 75.3 Å². The molecule has 0 spiro atoms. The molecule has 126 valence electrons. The Bertz CT molecular complexity index is 1020. The molecule has 0 aliphatic carbocycles. The van der Waals surface area contributed by atoms with Gasteiger partial charge in [0.05, 0.1) is 4.92 Å². The molecule has 2 N–H and O–H groups in total. The number of fused-ring (bicyclic) bond motifs is 1. The lowest BCUT2D eigenvalue weighted by atomic mass is 10.1. The van der Waals surface area contributed by atoms with E-state index < -0.39 is 10.8 Å². The van der Waals surface area contributed by atoms with Crippen LogP contribution in [0.4, 0.5) is 11.4 Å². The van der Waals surface area contributed by atoms with Crippen molar-refractivity contribution >= 4 is 28.3 Å². The van der Waals surface area contributed by atoms with Crippen molar-refractivity contribution in [3.63, 3.8) is 0 Å². The largest absolute Gasteiger partial charge is 0.438 e. The number of carbonyl (C=O) groups is 1. The Hall–Kier alpha value is -3.48. The number of benzene rings is 2. The summed E-state index contributed by atoms with van der Waals surface area (Å²) in [6.07, 6.45) is 0.896. The molecule has 2 aromatic carbocycles. The van der Waals surface area contributed by atoms with Gasteiger partial charge in [-0.25, -0.2) is 0 Å². The maximum atomic E-state index is 12.4. The molecule has 0 aliphatic rings. The number of nitrogens with zero attached hydrogens (tertiary/aromatic N) is 1. The zero-order valence-electron chi connectivity index (χ0n) is 13.4. The minimum absolute atomic E-state index is 0.00701. The molecule has 1 aromatic heterocycles. The summed E-state index contributed by atoms with van der Waals surface area (Å²) in [6.45, 7) is 2.04. The summed E-state index contributed by atoms with van der Waals surface area (Å²) in [7, 11) is 0.